The predicted octanol–water partition coefficient (Wildman–Crippen LogP) is 2.61. The molecule has 0 aliphatic heterocycles. The smallest absolute Gasteiger partial charge is 0.264 e. The molecule has 0 radical (unpaired) electrons. The fourth-order valence-electron chi connectivity index (χ4n) is 1.69. The molecule has 0 saturated heterocycles. The number of methoxy groups -OCH3 is 1. The van der Waals surface area contributed by atoms with Crippen LogP contribution >= 0.6 is 11.3 Å². The van der Waals surface area contributed by atoms with Crippen molar-refractivity contribution in [1.29, 1.82) is 0 Å². The van der Waals surface area contributed by atoms with Gasteiger partial charge in [-0.05, 0) is 17.7 Å². The number of thiophene rings is 1. The summed E-state index contributed by atoms with van der Waals surface area (Å²) in [5.74, 6) is 0.708. The number of ether oxygens (including phenoxy) is 1. The van der Waals surface area contributed by atoms with E-state index in [2.05, 4.69) is 0 Å². The minimum atomic E-state index is -0.00914. The molecule has 2 aromatic rings. The number of nitrogens with two attached hydrogens (primary N) is 1. The molecule has 0 fully saturated rings. The van der Waals surface area contributed by atoms with Crippen molar-refractivity contribution in [2.24, 2.45) is 0 Å². The monoisotopic (exact) mass is 276 g/mol. The van der Waals surface area contributed by atoms with E-state index in [-0.39, 0.29) is 5.91 Å². The summed E-state index contributed by atoms with van der Waals surface area (Å²) >= 11 is 1.39. The van der Waals surface area contributed by atoms with Gasteiger partial charge in [-0.25, -0.2) is 0 Å². The van der Waals surface area contributed by atoms with Crippen LogP contribution in [0.1, 0.15) is 15.2 Å². The van der Waals surface area contributed by atoms with Crippen molar-refractivity contribution in [2.75, 3.05) is 19.9 Å². The van der Waals surface area contributed by atoms with E-state index in [1.54, 1.807) is 25.1 Å². The first-order valence-electron chi connectivity index (χ1n) is 5.82. The first-order valence-corrected chi connectivity index (χ1v) is 6.70. The average Bonchev–Trinajstić information content (AvgIpc) is 2.89. The fourth-order valence-corrected chi connectivity index (χ4v) is 2.54. The van der Waals surface area contributed by atoms with Crippen LogP contribution in [0.15, 0.2) is 35.7 Å². The number of rotatable bonds is 4. The number of hydrogen-bond acceptors (Lipinski definition) is 4. The lowest BCUT2D eigenvalue weighted by Gasteiger charge is -2.16. The third kappa shape index (κ3) is 3.26. The number of nitrogen functional groups attached to an aromatic ring is 1. The summed E-state index contributed by atoms with van der Waals surface area (Å²) in [6.07, 6.45) is 0. The molecule has 1 aromatic heterocycles. The highest BCUT2D eigenvalue weighted by Gasteiger charge is 2.14. The minimum absolute atomic E-state index is 0.00914. The number of amides is 1. The lowest BCUT2D eigenvalue weighted by Crippen LogP contribution is -2.25. The summed E-state index contributed by atoms with van der Waals surface area (Å²) < 4.78 is 5.08. The standard InChI is InChI=1S/C14H16N2O2S/c1-16(8-10-3-5-11(15)6-4-10)14(17)13-7-12(18-2)9-19-13/h3-7,9H,8,15H2,1-2H3. The van der Waals surface area contributed by atoms with E-state index in [9.17, 15) is 4.79 Å². The maximum absolute atomic E-state index is 12.2. The summed E-state index contributed by atoms with van der Waals surface area (Å²) in [4.78, 5) is 14.6. The van der Waals surface area contributed by atoms with Crippen molar-refractivity contribution in [3.8, 4) is 5.75 Å². The van der Waals surface area contributed by atoms with Gasteiger partial charge in [0.15, 0.2) is 0 Å². The zero-order valence-corrected chi connectivity index (χ0v) is 11.7. The molecule has 4 nitrogen and oxygen atoms in total. The maximum atomic E-state index is 12.2. The Balaban J connectivity index is 2.04. The molecule has 0 saturated carbocycles. The van der Waals surface area contributed by atoms with Gasteiger partial charge in [-0.3, -0.25) is 4.79 Å². The molecule has 0 unspecified atom stereocenters. The quantitative estimate of drug-likeness (QED) is 0.873. The highest BCUT2D eigenvalue weighted by atomic mass is 32.1. The zero-order chi connectivity index (χ0) is 13.8. The second-order valence-electron chi connectivity index (χ2n) is 4.25. The van der Waals surface area contributed by atoms with Crippen molar-refractivity contribution in [1.82, 2.24) is 4.90 Å². The zero-order valence-electron chi connectivity index (χ0n) is 10.9. The molecule has 1 amide bonds. The highest BCUT2D eigenvalue weighted by molar-refractivity contribution is 7.12. The van der Waals surface area contributed by atoms with Crippen LogP contribution in [0.3, 0.4) is 0 Å². The Bertz CT molecular complexity index is 563. The van der Waals surface area contributed by atoms with Gasteiger partial charge in [-0.2, -0.15) is 0 Å². The Hall–Kier alpha value is -2.01. The lowest BCUT2D eigenvalue weighted by molar-refractivity contribution is 0.0789. The molecule has 5 heteroatoms. The molecule has 0 atom stereocenters. The number of carbonyl (C=O) groups excluding carboxylic acids is 1. The molecule has 0 aliphatic carbocycles. The minimum Gasteiger partial charge on any atom is -0.496 e. The average molecular weight is 276 g/mol. The summed E-state index contributed by atoms with van der Waals surface area (Å²) in [5, 5.41) is 1.82. The van der Waals surface area contributed by atoms with Gasteiger partial charge < -0.3 is 15.4 Å². The van der Waals surface area contributed by atoms with Crippen molar-refractivity contribution < 1.29 is 9.53 Å². The van der Waals surface area contributed by atoms with Gasteiger partial charge in [-0.1, -0.05) is 12.1 Å². The van der Waals surface area contributed by atoms with Crippen molar-refractivity contribution in [3.63, 3.8) is 0 Å². The van der Waals surface area contributed by atoms with Crippen LogP contribution in [0.4, 0.5) is 5.69 Å². The molecule has 100 valence electrons. The van der Waals surface area contributed by atoms with E-state index < -0.39 is 0 Å². The molecule has 1 aromatic carbocycles. The Morgan fingerprint density at radius 2 is 2.05 bits per heavy atom. The lowest BCUT2D eigenvalue weighted by atomic mass is 10.2. The van der Waals surface area contributed by atoms with E-state index in [4.69, 9.17) is 10.5 Å². The first kappa shape index (κ1) is 13.4. The van der Waals surface area contributed by atoms with Crippen molar-refractivity contribution >= 4 is 22.9 Å². The number of nitrogens with zero attached hydrogens (tertiary/aromatic N) is 1. The fraction of sp³-hybridized carbons (Fsp3) is 0.214. The highest BCUT2D eigenvalue weighted by Crippen LogP contribution is 2.22. The summed E-state index contributed by atoms with van der Waals surface area (Å²) in [5.41, 5.74) is 7.41. The van der Waals surface area contributed by atoms with Crippen LogP contribution in [0.5, 0.6) is 5.75 Å². The van der Waals surface area contributed by atoms with Gasteiger partial charge in [0.25, 0.3) is 5.91 Å². The van der Waals surface area contributed by atoms with E-state index in [1.165, 1.54) is 11.3 Å². The molecule has 0 bridgehead atoms. The van der Waals surface area contributed by atoms with Gasteiger partial charge >= 0.3 is 0 Å². The van der Waals surface area contributed by atoms with Gasteiger partial charge in [0.05, 0.1) is 12.0 Å². The van der Waals surface area contributed by atoms with Crippen LogP contribution in [0.25, 0.3) is 0 Å². The second-order valence-corrected chi connectivity index (χ2v) is 5.16. The van der Waals surface area contributed by atoms with Crippen LogP contribution in [-0.2, 0) is 6.54 Å². The third-order valence-corrected chi connectivity index (χ3v) is 3.66. The van der Waals surface area contributed by atoms with E-state index >= 15 is 0 Å². The topological polar surface area (TPSA) is 55.6 Å². The van der Waals surface area contributed by atoms with E-state index in [0.717, 1.165) is 11.3 Å². The normalized spacial score (nSPS) is 10.2. The molecule has 0 spiro atoms. The molecular weight excluding hydrogens is 260 g/mol. The summed E-state index contributed by atoms with van der Waals surface area (Å²) in [7, 11) is 3.37. The first-order chi connectivity index (χ1) is 9.10. The van der Waals surface area contributed by atoms with Crippen LogP contribution in [0.2, 0.25) is 0 Å². The molecule has 1 heterocycles. The molecule has 0 aliphatic rings. The van der Waals surface area contributed by atoms with E-state index in [1.807, 2.05) is 29.6 Å². The van der Waals surface area contributed by atoms with Gasteiger partial charge in [-0.15, -0.1) is 11.3 Å². The van der Waals surface area contributed by atoms with Crippen molar-refractivity contribution in [2.45, 2.75) is 6.54 Å². The predicted molar refractivity (Wildman–Crippen MR) is 77.5 cm³/mol. The number of anilines is 1. The van der Waals surface area contributed by atoms with Gasteiger partial charge in [0.2, 0.25) is 0 Å². The Morgan fingerprint density at radius 1 is 1.37 bits per heavy atom. The maximum Gasteiger partial charge on any atom is 0.264 e. The molecule has 2 rings (SSSR count). The van der Waals surface area contributed by atoms with E-state index in [0.29, 0.717) is 17.2 Å². The second kappa shape index (κ2) is 5.75. The Labute approximate surface area is 116 Å². The van der Waals surface area contributed by atoms with Gasteiger partial charge in [0.1, 0.15) is 5.75 Å². The molecule has 19 heavy (non-hydrogen) atoms. The van der Waals surface area contributed by atoms with Crippen LogP contribution in [-0.4, -0.2) is 25.0 Å². The number of benzene rings is 1. The SMILES string of the molecule is COc1csc(C(=O)N(C)Cc2ccc(N)cc2)c1. The van der Waals surface area contributed by atoms with Gasteiger partial charge in [0, 0.05) is 30.7 Å². The van der Waals surface area contributed by atoms with Crippen LogP contribution < -0.4 is 10.5 Å². The molecular formula is C14H16N2O2S. The summed E-state index contributed by atoms with van der Waals surface area (Å²) in [6, 6.07) is 9.28. The number of hydrogen-bond donors (Lipinski definition) is 1. The Morgan fingerprint density at radius 3 is 2.63 bits per heavy atom. The third-order valence-electron chi connectivity index (χ3n) is 2.77. The number of carbonyl (C=O) groups is 1. The summed E-state index contributed by atoms with van der Waals surface area (Å²) in [6.45, 7) is 0.555. The van der Waals surface area contributed by atoms with Crippen LogP contribution in [0, 0.1) is 0 Å². The van der Waals surface area contributed by atoms with Crippen molar-refractivity contribution in [3.05, 3.63) is 46.2 Å². The Kier molecular flexibility index (Phi) is 4.06. The largest absolute Gasteiger partial charge is 0.496 e. The molecule has 2 N–H and O–H groups in total.